The van der Waals surface area contributed by atoms with Crippen molar-refractivity contribution < 1.29 is 13.2 Å². The Morgan fingerprint density at radius 2 is 1.72 bits per heavy atom. The Labute approximate surface area is 143 Å². The summed E-state index contributed by atoms with van der Waals surface area (Å²) in [5.41, 5.74) is 0.383. The molecule has 0 unspecified atom stereocenters. The summed E-state index contributed by atoms with van der Waals surface area (Å²) in [4.78, 5) is 5.34. The van der Waals surface area contributed by atoms with E-state index >= 15 is 0 Å². The molecular weight excluding hydrogens is 329 g/mol. The molecule has 4 nitrogen and oxygen atoms in total. The largest absolute Gasteiger partial charge is 0.433 e. The molecular formula is C18H15F3N4. The monoisotopic (exact) mass is 344 g/mol. The van der Waals surface area contributed by atoms with Crippen LogP contribution in [0.25, 0.3) is 0 Å². The van der Waals surface area contributed by atoms with Gasteiger partial charge >= 0.3 is 6.18 Å². The number of anilines is 1. The summed E-state index contributed by atoms with van der Waals surface area (Å²) in [6, 6.07) is 12.6. The maximum Gasteiger partial charge on any atom is 0.433 e. The highest BCUT2D eigenvalue weighted by Gasteiger charge is 2.33. The third-order valence-electron chi connectivity index (χ3n) is 3.54. The lowest BCUT2D eigenvalue weighted by atomic mass is 10.1. The van der Waals surface area contributed by atoms with Gasteiger partial charge < -0.3 is 4.90 Å². The van der Waals surface area contributed by atoms with Gasteiger partial charge in [0, 0.05) is 13.1 Å². The predicted octanol–water partition coefficient (Wildman–Crippen LogP) is 4.26. The van der Waals surface area contributed by atoms with E-state index in [1.54, 1.807) is 29.2 Å². The van der Waals surface area contributed by atoms with Gasteiger partial charge in [-0.25, -0.2) is 4.98 Å². The molecule has 25 heavy (non-hydrogen) atoms. The van der Waals surface area contributed by atoms with Gasteiger partial charge in [0.2, 0.25) is 0 Å². The average Bonchev–Trinajstić information content (AvgIpc) is 2.60. The highest BCUT2D eigenvalue weighted by atomic mass is 19.4. The fourth-order valence-electron chi connectivity index (χ4n) is 2.37. The van der Waals surface area contributed by atoms with Crippen LogP contribution in [0, 0.1) is 22.7 Å². The lowest BCUT2D eigenvalue weighted by Gasteiger charge is -2.25. The van der Waals surface area contributed by atoms with Crippen LogP contribution in [0.15, 0.2) is 36.4 Å². The summed E-state index contributed by atoms with van der Waals surface area (Å²) in [5.74, 6) is 0.0172. The van der Waals surface area contributed by atoms with E-state index < -0.39 is 11.9 Å². The number of nitriles is 2. The molecule has 128 valence electrons. The minimum Gasteiger partial charge on any atom is -0.351 e. The number of halogens is 3. The van der Waals surface area contributed by atoms with Crippen LogP contribution in [0.4, 0.5) is 19.0 Å². The predicted molar refractivity (Wildman–Crippen MR) is 86.5 cm³/mol. The Balaban J connectivity index is 2.41. The van der Waals surface area contributed by atoms with Crippen LogP contribution >= 0.6 is 0 Å². The van der Waals surface area contributed by atoms with Crippen molar-refractivity contribution in [1.29, 1.82) is 10.5 Å². The summed E-state index contributed by atoms with van der Waals surface area (Å²) in [5, 5.41) is 18.1. The zero-order chi connectivity index (χ0) is 18.4. The lowest BCUT2D eigenvalue weighted by Crippen LogP contribution is -2.26. The third kappa shape index (κ3) is 4.48. The van der Waals surface area contributed by atoms with E-state index in [2.05, 4.69) is 4.98 Å². The van der Waals surface area contributed by atoms with E-state index in [1.807, 2.05) is 19.1 Å². The molecule has 0 aliphatic carbocycles. The Hall–Kier alpha value is -3.06. The van der Waals surface area contributed by atoms with Crippen molar-refractivity contribution in [3.05, 3.63) is 58.8 Å². The van der Waals surface area contributed by atoms with Gasteiger partial charge in [0.05, 0.1) is 17.2 Å². The molecule has 0 amide bonds. The molecule has 0 radical (unpaired) electrons. The first kappa shape index (κ1) is 18.3. The molecule has 0 saturated carbocycles. The zero-order valence-electron chi connectivity index (χ0n) is 13.5. The van der Waals surface area contributed by atoms with Crippen LogP contribution in [-0.4, -0.2) is 11.5 Å². The average molecular weight is 344 g/mol. The Morgan fingerprint density at radius 1 is 1.04 bits per heavy atom. The molecule has 0 N–H and O–H groups in total. The van der Waals surface area contributed by atoms with E-state index in [4.69, 9.17) is 5.26 Å². The van der Waals surface area contributed by atoms with Gasteiger partial charge in [0.15, 0.2) is 0 Å². The molecule has 0 fully saturated rings. The number of hydrogen-bond acceptors (Lipinski definition) is 4. The summed E-state index contributed by atoms with van der Waals surface area (Å²) < 4.78 is 38.9. The van der Waals surface area contributed by atoms with Gasteiger partial charge in [-0.1, -0.05) is 19.1 Å². The van der Waals surface area contributed by atoms with Crippen molar-refractivity contribution in [2.24, 2.45) is 0 Å². The Bertz CT molecular complexity index is 814. The Morgan fingerprint density at radius 3 is 2.24 bits per heavy atom. The minimum absolute atomic E-state index is 0.0172. The second kappa shape index (κ2) is 7.67. The van der Waals surface area contributed by atoms with Gasteiger partial charge in [-0.05, 0) is 36.2 Å². The molecule has 0 saturated heterocycles. The smallest absolute Gasteiger partial charge is 0.351 e. The van der Waals surface area contributed by atoms with Gasteiger partial charge in [0.25, 0.3) is 0 Å². The topological polar surface area (TPSA) is 63.7 Å². The summed E-state index contributed by atoms with van der Waals surface area (Å²) >= 11 is 0. The van der Waals surface area contributed by atoms with E-state index in [0.717, 1.165) is 17.7 Å². The molecule has 0 atom stereocenters. The molecule has 0 spiro atoms. The van der Waals surface area contributed by atoms with E-state index in [0.29, 0.717) is 25.1 Å². The number of alkyl halides is 3. The minimum atomic E-state index is -4.57. The fourth-order valence-corrected chi connectivity index (χ4v) is 2.37. The number of hydrogen-bond donors (Lipinski definition) is 0. The highest BCUT2D eigenvalue weighted by molar-refractivity contribution is 5.55. The normalized spacial score (nSPS) is 10.8. The molecule has 2 rings (SSSR count). The molecule has 1 aromatic heterocycles. The van der Waals surface area contributed by atoms with Gasteiger partial charge in [-0.2, -0.15) is 23.7 Å². The van der Waals surface area contributed by atoms with Crippen LogP contribution in [-0.2, 0) is 12.7 Å². The molecule has 0 aliphatic rings. The molecule has 1 aromatic carbocycles. The maximum atomic E-state index is 13.0. The van der Waals surface area contributed by atoms with Crippen molar-refractivity contribution in [3.8, 4) is 12.1 Å². The molecule has 7 heteroatoms. The van der Waals surface area contributed by atoms with Crippen LogP contribution in [0.5, 0.6) is 0 Å². The van der Waals surface area contributed by atoms with Crippen LogP contribution in [0.1, 0.15) is 35.7 Å². The number of rotatable bonds is 5. The Kier molecular flexibility index (Phi) is 5.61. The first-order valence-electron chi connectivity index (χ1n) is 7.61. The van der Waals surface area contributed by atoms with Crippen molar-refractivity contribution in [2.75, 3.05) is 11.4 Å². The van der Waals surface area contributed by atoms with Crippen LogP contribution < -0.4 is 4.90 Å². The summed E-state index contributed by atoms with van der Waals surface area (Å²) in [6.45, 7) is 2.64. The summed E-state index contributed by atoms with van der Waals surface area (Å²) in [7, 11) is 0. The molecule has 2 aromatic rings. The number of benzene rings is 1. The SMILES string of the molecule is CCCN(Cc1ccc(C#N)cc1)c1nc(C(F)(F)F)ccc1C#N. The van der Waals surface area contributed by atoms with E-state index in [-0.39, 0.29) is 11.4 Å². The maximum absolute atomic E-state index is 13.0. The van der Waals surface area contributed by atoms with Gasteiger partial charge in [0.1, 0.15) is 17.6 Å². The van der Waals surface area contributed by atoms with Crippen molar-refractivity contribution in [1.82, 2.24) is 4.98 Å². The number of pyridine rings is 1. The molecule has 1 heterocycles. The second-order valence-corrected chi connectivity index (χ2v) is 5.41. The summed E-state index contributed by atoms with van der Waals surface area (Å²) in [6.07, 6.45) is -3.89. The van der Waals surface area contributed by atoms with E-state index in [1.165, 1.54) is 0 Å². The van der Waals surface area contributed by atoms with Crippen LogP contribution in [0.2, 0.25) is 0 Å². The van der Waals surface area contributed by atoms with Crippen LogP contribution in [0.3, 0.4) is 0 Å². The first-order valence-corrected chi connectivity index (χ1v) is 7.61. The van der Waals surface area contributed by atoms with Crippen molar-refractivity contribution in [3.63, 3.8) is 0 Å². The molecule has 0 aliphatic heterocycles. The van der Waals surface area contributed by atoms with Crippen molar-refractivity contribution in [2.45, 2.75) is 26.1 Å². The second-order valence-electron chi connectivity index (χ2n) is 5.41. The number of nitrogens with zero attached hydrogens (tertiary/aromatic N) is 4. The lowest BCUT2D eigenvalue weighted by molar-refractivity contribution is -0.141. The third-order valence-corrected chi connectivity index (χ3v) is 3.54. The number of aromatic nitrogens is 1. The standard InChI is InChI=1S/C18H15F3N4/c1-2-9-25(12-14-5-3-13(10-22)4-6-14)17-15(11-23)7-8-16(24-17)18(19,20)21/h3-8H,2,9,12H2,1H3. The quantitative estimate of drug-likeness (QED) is 0.813. The highest BCUT2D eigenvalue weighted by Crippen LogP contribution is 2.31. The molecule has 0 bridgehead atoms. The van der Waals surface area contributed by atoms with Crippen molar-refractivity contribution >= 4 is 5.82 Å². The van der Waals surface area contributed by atoms with E-state index in [9.17, 15) is 18.4 Å². The first-order chi connectivity index (χ1) is 11.9. The van der Waals surface area contributed by atoms with Gasteiger partial charge in [-0.3, -0.25) is 0 Å². The fraction of sp³-hybridized carbons (Fsp3) is 0.278. The van der Waals surface area contributed by atoms with Gasteiger partial charge in [-0.15, -0.1) is 0 Å². The zero-order valence-corrected chi connectivity index (χ0v) is 13.5.